The molecular formula is C23H24N4O2S. The molecule has 6 nitrogen and oxygen atoms in total. The first-order chi connectivity index (χ1) is 14.3. The highest BCUT2D eigenvalue weighted by Gasteiger charge is 2.54. The highest BCUT2D eigenvalue weighted by molar-refractivity contribution is 7.80. The number of non-ortho nitro benzene ring substituents is 1. The predicted molar refractivity (Wildman–Crippen MR) is 124 cm³/mol. The number of nitrogens with one attached hydrogen (secondary N) is 2. The summed E-state index contributed by atoms with van der Waals surface area (Å²) >= 11 is 5.41. The predicted octanol–water partition coefficient (Wildman–Crippen LogP) is 5.39. The second-order valence-corrected chi connectivity index (χ2v) is 8.87. The number of allylic oxidation sites excluding steroid dienone is 1. The molecule has 3 fully saturated rings. The summed E-state index contributed by atoms with van der Waals surface area (Å²) in [5.74, 6) is 0.993. The lowest BCUT2D eigenvalue weighted by atomic mass is 9.47. The van der Waals surface area contributed by atoms with Crippen LogP contribution >= 0.6 is 12.2 Å². The van der Waals surface area contributed by atoms with E-state index in [-0.39, 0.29) is 16.0 Å². The molecule has 2 aromatic rings. The maximum atomic E-state index is 10.9. The van der Waals surface area contributed by atoms with Gasteiger partial charge < -0.3 is 5.32 Å². The standard InChI is InChI=1S/C23H24N4O2S/c1-23(2)17-13-16(12-15-8-10-19(11-9-15)27(28)29)21(20(23)14-17)25-26-22(30)24-18-6-4-3-5-7-18/h3-12,17,20H,13-14H2,1-2H3,(H2,24,26,30)/b16-12+,25-21+. The Morgan fingerprint density at radius 2 is 1.90 bits per heavy atom. The monoisotopic (exact) mass is 420 g/mol. The van der Waals surface area contributed by atoms with Crippen molar-refractivity contribution in [2.75, 3.05) is 5.32 Å². The molecule has 3 saturated carbocycles. The summed E-state index contributed by atoms with van der Waals surface area (Å²) in [7, 11) is 0. The van der Waals surface area contributed by atoms with Crippen molar-refractivity contribution in [1.29, 1.82) is 0 Å². The summed E-state index contributed by atoms with van der Waals surface area (Å²) in [6, 6.07) is 16.4. The molecule has 2 bridgehead atoms. The number of nitro groups is 1. The van der Waals surface area contributed by atoms with Crippen LogP contribution in [0.25, 0.3) is 6.08 Å². The van der Waals surface area contributed by atoms with Crippen LogP contribution in [0.4, 0.5) is 11.4 Å². The van der Waals surface area contributed by atoms with Crippen LogP contribution < -0.4 is 10.7 Å². The van der Waals surface area contributed by atoms with Gasteiger partial charge in [-0.25, -0.2) is 0 Å². The molecular weight excluding hydrogens is 396 g/mol. The lowest BCUT2D eigenvalue weighted by Crippen LogP contribution is -2.54. The van der Waals surface area contributed by atoms with Crippen LogP contribution in [0, 0.1) is 27.4 Å². The van der Waals surface area contributed by atoms with E-state index in [2.05, 4.69) is 30.7 Å². The molecule has 0 saturated heterocycles. The van der Waals surface area contributed by atoms with E-state index in [1.54, 1.807) is 12.1 Å². The summed E-state index contributed by atoms with van der Waals surface area (Å²) < 4.78 is 0. The first-order valence-electron chi connectivity index (χ1n) is 9.99. The Kier molecular flexibility index (Phi) is 5.39. The molecule has 2 aromatic carbocycles. The van der Waals surface area contributed by atoms with Crippen LogP contribution in [-0.2, 0) is 0 Å². The van der Waals surface area contributed by atoms with E-state index >= 15 is 0 Å². The molecule has 30 heavy (non-hydrogen) atoms. The van der Waals surface area contributed by atoms with E-state index in [1.807, 2.05) is 30.3 Å². The van der Waals surface area contributed by atoms with Crippen LogP contribution in [0.3, 0.4) is 0 Å². The fraction of sp³-hybridized carbons (Fsp3) is 0.304. The maximum Gasteiger partial charge on any atom is 0.269 e. The number of hydrazone groups is 1. The molecule has 0 aliphatic heterocycles. The van der Waals surface area contributed by atoms with Gasteiger partial charge in [0.05, 0.1) is 10.6 Å². The van der Waals surface area contributed by atoms with E-state index in [9.17, 15) is 10.1 Å². The van der Waals surface area contributed by atoms with Crippen molar-refractivity contribution in [2.24, 2.45) is 22.4 Å². The Hall–Kier alpha value is -3.06. The maximum absolute atomic E-state index is 10.9. The van der Waals surface area contributed by atoms with Crippen LogP contribution in [0.15, 0.2) is 65.3 Å². The zero-order valence-corrected chi connectivity index (χ0v) is 17.8. The van der Waals surface area contributed by atoms with Gasteiger partial charge in [-0.05, 0) is 77.9 Å². The Morgan fingerprint density at radius 3 is 2.53 bits per heavy atom. The second-order valence-electron chi connectivity index (χ2n) is 8.46. The number of benzene rings is 2. The minimum atomic E-state index is -0.382. The van der Waals surface area contributed by atoms with E-state index in [4.69, 9.17) is 17.3 Å². The summed E-state index contributed by atoms with van der Waals surface area (Å²) in [6.45, 7) is 4.59. The Balaban J connectivity index is 1.56. The third-order valence-corrected chi connectivity index (χ3v) is 6.54. The average Bonchev–Trinajstić information content (AvgIpc) is 2.73. The van der Waals surface area contributed by atoms with Crippen LogP contribution in [0.2, 0.25) is 0 Å². The molecule has 2 atom stereocenters. The smallest absolute Gasteiger partial charge is 0.269 e. The summed E-state index contributed by atoms with van der Waals surface area (Å²) in [5, 5.41) is 19.2. The van der Waals surface area contributed by atoms with Gasteiger partial charge >= 0.3 is 0 Å². The van der Waals surface area contributed by atoms with Crippen LogP contribution in [-0.4, -0.2) is 15.7 Å². The first kappa shape index (κ1) is 20.2. The molecule has 0 amide bonds. The Bertz CT molecular complexity index is 1030. The van der Waals surface area contributed by atoms with Crippen LogP contribution in [0.5, 0.6) is 0 Å². The van der Waals surface area contributed by atoms with Crippen molar-refractivity contribution in [1.82, 2.24) is 5.43 Å². The zero-order chi connectivity index (χ0) is 21.3. The average molecular weight is 421 g/mol. The fourth-order valence-electron chi connectivity index (χ4n) is 4.39. The van der Waals surface area contributed by atoms with Crippen molar-refractivity contribution >= 4 is 40.5 Å². The molecule has 3 aliphatic rings. The topological polar surface area (TPSA) is 79.6 Å². The number of para-hydroxylation sites is 1. The van der Waals surface area contributed by atoms with Crippen molar-refractivity contribution in [2.45, 2.75) is 26.7 Å². The normalized spacial score (nSPS) is 24.2. The van der Waals surface area contributed by atoms with E-state index < -0.39 is 0 Å². The third kappa shape index (κ3) is 3.98. The van der Waals surface area contributed by atoms with Gasteiger partial charge in [-0.15, -0.1) is 0 Å². The second kappa shape index (κ2) is 7.99. The van der Waals surface area contributed by atoms with Gasteiger partial charge in [-0.3, -0.25) is 15.5 Å². The minimum Gasteiger partial charge on any atom is -0.331 e. The van der Waals surface area contributed by atoms with Crippen molar-refractivity contribution < 1.29 is 4.92 Å². The van der Waals surface area contributed by atoms with Gasteiger partial charge in [-0.2, -0.15) is 5.10 Å². The molecule has 0 aromatic heterocycles. The number of hydrogen-bond acceptors (Lipinski definition) is 4. The van der Waals surface area contributed by atoms with Gasteiger partial charge in [0.2, 0.25) is 0 Å². The molecule has 5 rings (SSSR count). The number of rotatable bonds is 4. The molecule has 7 heteroatoms. The number of fused-ring (bicyclic) bond motifs is 2. The van der Waals surface area contributed by atoms with Crippen molar-refractivity contribution in [3.63, 3.8) is 0 Å². The zero-order valence-electron chi connectivity index (χ0n) is 17.0. The lowest BCUT2D eigenvalue weighted by molar-refractivity contribution is -0.384. The van der Waals surface area contributed by atoms with Gasteiger partial charge in [0.25, 0.3) is 5.69 Å². The minimum absolute atomic E-state index is 0.0951. The third-order valence-electron chi connectivity index (χ3n) is 6.35. The highest BCUT2D eigenvalue weighted by atomic mass is 32.1. The van der Waals surface area contributed by atoms with E-state index in [1.165, 1.54) is 17.7 Å². The van der Waals surface area contributed by atoms with E-state index in [0.717, 1.165) is 29.8 Å². The number of nitro benzene ring substituents is 1. The molecule has 2 unspecified atom stereocenters. The molecule has 3 aliphatic carbocycles. The molecule has 0 spiro atoms. The molecule has 154 valence electrons. The van der Waals surface area contributed by atoms with E-state index in [0.29, 0.717) is 16.9 Å². The Labute approximate surface area is 181 Å². The number of thiocarbonyl (C=S) groups is 1. The van der Waals surface area contributed by atoms with Crippen molar-refractivity contribution in [3.8, 4) is 0 Å². The quantitative estimate of drug-likeness (QED) is 0.394. The molecule has 2 N–H and O–H groups in total. The summed E-state index contributed by atoms with van der Waals surface area (Å²) in [5.41, 5.74) is 7.35. The van der Waals surface area contributed by atoms with Gasteiger partial charge in [0, 0.05) is 23.7 Å². The number of nitrogens with zero attached hydrogens (tertiary/aromatic N) is 2. The first-order valence-corrected chi connectivity index (χ1v) is 10.4. The highest BCUT2D eigenvalue weighted by Crippen LogP contribution is 2.59. The fourth-order valence-corrected chi connectivity index (χ4v) is 4.55. The SMILES string of the molecule is CC1(C)C2CC(=C\c3ccc([N+](=O)[O-])cc3)/C(=N\NC(=S)Nc3ccccc3)C1C2. The summed E-state index contributed by atoms with van der Waals surface area (Å²) in [4.78, 5) is 10.5. The molecule has 0 heterocycles. The van der Waals surface area contributed by atoms with Gasteiger partial charge in [0.15, 0.2) is 5.11 Å². The van der Waals surface area contributed by atoms with Gasteiger partial charge in [0.1, 0.15) is 0 Å². The number of anilines is 1. The Morgan fingerprint density at radius 1 is 1.20 bits per heavy atom. The van der Waals surface area contributed by atoms with Crippen molar-refractivity contribution in [3.05, 3.63) is 75.8 Å². The lowest BCUT2D eigenvalue weighted by Gasteiger charge is -2.57. The molecule has 0 radical (unpaired) electrons. The van der Waals surface area contributed by atoms with Gasteiger partial charge in [-0.1, -0.05) is 32.0 Å². The summed E-state index contributed by atoms with van der Waals surface area (Å²) in [6.07, 6.45) is 4.16. The number of hydrogen-bond donors (Lipinski definition) is 2. The largest absolute Gasteiger partial charge is 0.331 e. The van der Waals surface area contributed by atoms with Crippen LogP contribution in [0.1, 0.15) is 32.3 Å².